The molecule has 1 heterocycles. The zero-order valence-electron chi connectivity index (χ0n) is 16.2. The van der Waals surface area contributed by atoms with Crippen LogP contribution in [-0.4, -0.2) is 27.7 Å². The van der Waals surface area contributed by atoms with Crippen LogP contribution in [0, 0.1) is 6.92 Å². The number of benzene rings is 2. The Balaban J connectivity index is 2.05. The summed E-state index contributed by atoms with van der Waals surface area (Å²) in [5, 5.41) is 12.9. The average molecular weight is 367 g/mol. The lowest BCUT2D eigenvalue weighted by Crippen LogP contribution is -2.07. The molecule has 0 bridgehead atoms. The summed E-state index contributed by atoms with van der Waals surface area (Å²) in [7, 11) is 3.49. The number of rotatable bonds is 7. The third kappa shape index (κ3) is 3.66. The molecule has 0 aliphatic carbocycles. The molecule has 27 heavy (non-hydrogen) atoms. The van der Waals surface area contributed by atoms with Crippen molar-refractivity contribution in [3.05, 3.63) is 58.4 Å². The number of carboxylic acids is 1. The fraction of sp³-hybridized carbons (Fsp3) is 0.333. The van der Waals surface area contributed by atoms with Crippen molar-refractivity contribution in [3.63, 3.8) is 0 Å². The van der Waals surface area contributed by atoms with Crippen molar-refractivity contribution in [2.75, 3.05) is 12.4 Å². The van der Waals surface area contributed by atoms with Gasteiger partial charge in [0.05, 0.1) is 16.8 Å². The van der Waals surface area contributed by atoms with Crippen molar-refractivity contribution in [1.29, 1.82) is 0 Å². The van der Waals surface area contributed by atoms with E-state index in [0.717, 1.165) is 23.3 Å². The van der Waals surface area contributed by atoms with Crippen LogP contribution in [0.3, 0.4) is 0 Å². The molecule has 3 rings (SSSR count). The molecule has 0 saturated carbocycles. The highest BCUT2D eigenvalue weighted by Crippen LogP contribution is 2.27. The number of imidazole rings is 1. The second-order valence-corrected chi connectivity index (χ2v) is 6.64. The zero-order valence-corrected chi connectivity index (χ0v) is 16.2. The fourth-order valence-electron chi connectivity index (χ4n) is 3.38. The number of methoxy groups -OCH3 is 1. The van der Waals surface area contributed by atoms with Crippen molar-refractivity contribution in [2.24, 2.45) is 7.05 Å². The first-order valence-corrected chi connectivity index (χ1v) is 8.99. The van der Waals surface area contributed by atoms with E-state index in [9.17, 15) is 9.90 Å². The standard InChI is InChI=1S/C21H25N3O3/c1-5-14-8-6-7-13(2)16(14)11-22-17-9-15(21(25)26)10-18-20(17)23-19(12-27-4)24(18)3/h6-10,22H,5,11-12H2,1-4H3,(H,25,26). The molecule has 0 unspecified atom stereocenters. The molecule has 6 heteroatoms. The Morgan fingerprint density at radius 3 is 2.78 bits per heavy atom. The van der Waals surface area contributed by atoms with Crippen LogP contribution < -0.4 is 5.32 Å². The van der Waals surface area contributed by atoms with Gasteiger partial charge in [0.25, 0.3) is 0 Å². The van der Waals surface area contributed by atoms with E-state index < -0.39 is 5.97 Å². The Labute approximate surface area is 158 Å². The summed E-state index contributed by atoms with van der Waals surface area (Å²) in [6, 6.07) is 9.59. The third-order valence-corrected chi connectivity index (χ3v) is 4.94. The summed E-state index contributed by atoms with van der Waals surface area (Å²) >= 11 is 0. The smallest absolute Gasteiger partial charge is 0.335 e. The normalized spacial score (nSPS) is 11.1. The molecule has 2 aromatic carbocycles. The maximum atomic E-state index is 11.6. The van der Waals surface area contributed by atoms with Gasteiger partial charge < -0.3 is 19.7 Å². The number of aromatic carboxylic acids is 1. The minimum Gasteiger partial charge on any atom is -0.478 e. The van der Waals surface area contributed by atoms with Crippen LogP contribution in [0.25, 0.3) is 11.0 Å². The van der Waals surface area contributed by atoms with Crippen LogP contribution in [0.4, 0.5) is 5.69 Å². The van der Waals surface area contributed by atoms with Gasteiger partial charge >= 0.3 is 5.97 Å². The molecule has 0 radical (unpaired) electrons. The Morgan fingerprint density at radius 1 is 1.33 bits per heavy atom. The van der Waals surface area contributed by atoms with Gasteiger partial charge in [-0.05, 0) is 42.2 Å². The minimum absolute atomic E-state index is 0.234. The van der Waals surface area contributed by atoms with Gasteiger partial charge in [0.1, 0.15) is 17.9 Å². The van der Waals surface area contributed by atoms with Crippen molar-refractivity contribution >= 4 is 22.7 Å². The van der Waals surface area contributed by atoms with Crippen LogP contribution in [0.2, 0.25) is 0 Å². The summed E-state index contributed by atoms with van der Waals surface area (Å²) in [6.45, 7) is 5.21. The van der Waals surface area contributed by atoms with Gasteiger partial charge in [0.15, 0.2) is 0 Å². The van der Waals surface area contributed by atoms with Crippen molar-refractivity contribution in [3.8, 4) is 0 Å². The minimum atomic E-state index is -0.959. The molecule has 2 N–H and O–H groups in total. The molecular weight excluding hydrogens is 342 g/mol. The van der Waals surface area contributed by atoms with Crippen LogP contribution in [0.5, 0.6) is 0 Å². The second kappa shape index (κ2) is 7.80. The van der Waals surface area contributed by atoms with Crippen molar-refractivity contribution < 1.29 is 14.6 Å². The lowest BCUT2D eigenvalue weighted by Gasteiger charge is -2.14. The van der Waals surface area contributed by atoms with Crippen LogP contribution >= 0.6 is 0 Å². The largest absolute Gasteiger partial charge is 0.478 e. The summed E-state index contributed by atoms with van der Waals surface area (Å²) < 4.78 is 7.09. The van der Waals surface area contributed by atoms with E-state index in [2.05, 4.69) is 42.3 Å². The zero-order chi connectivity index (χ0) is 19.6. The fourth-order valence-corrected chi connectivity index (χ4v) is 3.38. The lowest BCUT2D eigenvalue weighted by molar-refractivity contribution is 0.0697. The topological polar surface area (TPSA) is 76.4 Å². The molecule has 0 spiro atoms. The quantitative estimate of drug-likeness (QED) is 0.662. The number of aromatic nitrogens is 2. The van der Waals surface area contributed by atoms with E-state index in [-0.39, 0.29) is 5.56 Å². The van der Waals surface area contributed by atoms with Gasteiger partial charge in [-0.2, -0.15) is 0 Å². The molecule has 1 aromatic heterocycles. The van der Waals surface area contributed by atoms with E-state index in [1.165, 1.54) is 16.7 Å². The summed E-state index contributed by atoms with van der Waals surface area (Å²) in [4.78, 5) is 16.2. The Bertz CT molecular complexity index is 992. The maximum absolute atomic E-state index is 11.6. The number of carbonyl (C=O) groups is 1. The van der Waals surface area contributed by atoms with Crippen LogP contribution in [0.1, 0.15) is 39.8 Å². The predicted molar refractivity (Wildman–Crippen MR) is 106 cm³/mol. The first kappa shape index (κ1) is 18.9. The van der Waals surface area contributed by atoms with E-state index in [1.807, 2.05) is 11.6 Å². The number of fused-ring (bicyclic) bond motifs is 1. The van der Waals surface area contributed by atoms with Crippen molar-refractivity contribution in [1.82, 2.24) is 9.55 Å². The van der Waals surface area contributed by atoms with Gasteiger partial charge in [0.2, 0.25) is 0 Å². The SMILES string of the molecule is CCc1cccc(C)c1CNc1cc(C(=O)O)cc2c1nc(COC)n2C. The van der Waals surface area contributed by atoms with Gasteiger partial charge in [0, 0.05) is 20.7 Å². The number of hydrogen-bond donors (Lipinski definition) is 2. The van der Waals surface area contributed by atoms with E-state index >= 15 is 0 Å². The monoisotopic (exact) mass is 367 g/mol. The number of hydrogen-bond acceptors (Lipinski definition) is 4. The number of nitrogens with one attached hydrogen (secondary N) is 1. The number of nitrogens with zero attached hydrogens (tertiary/aromatic N) is 2. The van der Waals surface area contributed by atoms with E-state index in [4.69, 9.17) is 4.74 Å². The molecule has 142 valence electrons. The molecule has 0 aliphatic heterocycles. The number of anilines is 1. The summed E-state index contributed by atoms with van der Waals surface area (Å²) in [5.74, 6) is -0.206. The Morgan fingerprint density at radius 2 is 2.11 bits per heavy atom. The third-order valence-electron chi connectivity index (χ3n) is 4.94. The van der Waals surface area contributed by atoms with Gasteiger partial charge in [-0.25, -0.2) is 9.78 Å². The Hall–Kier alpha value is -2.86. The molecule has 6 nitrogen and oxygen atoms in total. The molecule has 0 fully saturated rings. The molecular formula is C21H25N3O3. The maximum Gasteiger partial charge on any atom is 0.335 e. The number of aryl methyl sites for hydroxylation is 3. The van der Waals surface area contributed by atoms with Crippen LogP contribution in [-0.2, 0) is 31.4 Å². The predicted octanol–water partition coefficient (Wildman–Crippen LogP) is 3.90. The highest BCUT2D eigenvalue weighted by Gasteiger charge is 2.16. The highest BCUT2D eigenvalue weighted by atomic mass is 16.5. The van der Waals surface area contributed by atoms with E-state index in [0.29, 0.717) is 18.8 Å². The number of carboxylic acid groups (broad SMARTS) is 1. The first-order chi connectivity index (χ1) is 13.0. The summed E-state index contributed by atoms with van der Waals surface area (Å²) in [5.41, 5.74) is 6.21. The Kier molecular flexibility index (Phi) is 5.46. The number of ether oxygens (including phenoxy) is 1. The van der Waals surface area contributed by atoms with Gasteiger partial charge in [-0.3, -0.25) is 0 Å². The molecule has 0 atom stereocenters. The second-order valence-electron chi connectivity index (χ2n) is 6.64. The summed E-state index contributed by atoms with van der Waals surface area (Å²) in [6.07, 6.45) is 0.949. The van der Waals surface area contributed by atoms with Gasteiger partial charge in [-0.1, -0.05) is 25.1 Å². The first-order valence-electron chi connectivity index (χ1n) is 8.99. The molecule has 0 aliphatic rings. The molecule has 3 aromatic rings. The van der Waals surface area contributed by atoms with Gasteiger partial charge in [-0.15, -0.1) is 0 Å². The van der Waals surface area contributed by atoms with Crippen molar-refractivity contribution in [2.45, 2.75) is 33.4 Å². The molecule has 0 saturated heterocycles. The van der Waals surface area contributed by atoms with E-state index in [1.54, 1.807) is 19.2 Å². The van der Waals surface area contributed by atoms with Crippen LogP contribution in [0.15, 0.2) is 30.3 Å². The lowest BCUT2D eigenvalue weighted by atomic mass is 10.00. The molecule has 0 amide bonds. The average Bonchev–Trinajstić information content (AvgIpc) is 2.96. The highest BCUT2D eigenvalue weighted by molar-refractivity contribution is 5.98.